The summed E-state index contributed by atoms with van der Waals surface area (Å²) in [5.41, 5.74) is 2.68. The molecule has 0 fully saturated rings. The molecule has 0 radical (unpaired) electrons. The number of hydroxylamine groups is 1. The Morgan fingerprint density at radius 1 is 1.46 bits per heavy atom. The Balaban J connectivity index is 3.34. The summed E-state index contributed by atoms with van der Waals surface area (Å²) < 4.78 is 4.67. The van der Waals surface area contributed by atoms with E-state index in [0.29, 0.717) is 13.2 Å². The minimum atomic E-state index is -0.110. The summed E-state index contributed by atoms with van der Waals surface area (Å²) in [5, 5.41) is 0. The van der Waals surface area contributed by atoms with Gasteiger partial charge in [0.1, 0.15) is 6.61 Å². The molecule has 1 N–H and O–H groups in total. The molecule has 5 nitrogen and oxygen atoms in total. The zero-order valence-electron chi connectivity index (χ0n) is 8.12. The van der Waals surface area contributed by atoms with E-state index in [1.165, 1.54) is 0 Å². The van der Waals surface area contributed by atoms with Crippen molar-refractivity contribution in [3.8, 4) is 0 Å². The van der Waals surface area contributed by atoms with Gasteiger partial charge in [-0.15, -0.1) is 6.58 Å². The first-order chi connectivity index (χ1) is 6.35. The molecule has 0 spiro atoms. The first-order valence-corrected chi connectivity index (χ1v) is 4.08. The molecule has 0 aliphatic heterocycles. The van der Waals surface area contributed by atoms with Gasteiger partial charge in [0.25, 0.3) is 0 Å². The van der Waals surface area contributed by atoms with Crippen LogP contribution in [0.2, 0.25) is 0 Å². The number of rotatable bonds is 9. The van der Waals surface area contributed by atoms with Gasteiger partial charge in [0.2, 0.25) is 0 Å². The van der Waals surface area contributed by atoms with Crippen molar-refractivity contribution in [2.24, 2.45) is 0 Å². The molecule has 0 heterocycles. The van der Waals surface area contributed by atoms with Crippen molar-refractivity contribution < 1.29 is 19.3 Å². The molecule has 0 saturated heterocycles. The Bertz CT molecular complexity index is 111. The second-order valence-electron chi connectivity index (χ2n) is 2.20. The lowest BCUT2D eigenvalue weighted by molar-refractivity contribution is -0.296. The van der Waals surface area contributed by atoms with Gasteiger partial charge in [0, 0.05) is 7.11 Å². The van der Waals surface area contributed by atoms with Crippen LogP contribution in [0, 0.1) is 0 Å². The summed E-state index contributed by atoms with van der Waals surface area (Å²) >= 11 is 0. The van der Waals surface area contributed by atoms with E-state index in [1.54, 1.807) is 13.2 Å². The van der Waals surface area contributed by atoms with Crippen molar-refractivity contribution in [2.45, 2.75) is 13.0 Å². The third-order valence-electron chi connectivity index (χ3n) is 1.14. The van der Waals surface area contributed by atoms with E-state index in [9.17, 15) is 0 Å². The highest BCUT2D eigenvalue weighted by atomic mass is 17.2. The Kier molecular flexibility index (Phi) is 9.29. The van der Waals surface area contributed by atoms with Crippen LogP contribution < -0.4 is 5.48 Å². The van der Waals surface area contributed by atoms with E-state index in [4.69, 9.17) is 14.6 Å². The predicted molar refractivity (Wildman–Crippen MR) is 47.7 cm³/mol. The smallest absolute Gasteiger partial charge is 0.166 e. The van der Waals surface area contributed by atoms with Gasteiger partial charge in [0.05, 0.1) is 12.6 Å². The monoisotopic (exact) mass is 191 g/mol. The molecule has 0 amide bonds. The molecular weight excluding hydrogens is 174 g/mol. The maximum absolute atomic E-state index is 4.89. The molecule has 0 aromatic carbocycles. The van der Waals surface area contributed by atoms with Gasteiger partial charge in [-0.3, -0.25) is 4.84 Å². The lowest BCUT2D eigenvalue weighted by Crippen LogP contribution is -2.32. The quantitative estimate of drug-likeness (QED) is 0.190. The first-order valence-electron chi connectivity index (χ1n) is 4.08. The minimum Gasteiger partial charge on any atom is -0.357 e. The van der Waals surface area contributed by atoms with Crippen LogP contribution in [0.5, 0.6) is 0 Å². The third-order valence-corrected chi connectivity index (χ3v) is 1.14. The normalized spacial score (nSPS) is 12.8. The van der Waals surface area contributed by atoms with Gasteiger partial charge in [-0.25, -0.2) is 9.78 Å². The topological polar surface area (TPSA) is 49.0 Å². The Labute approximate surface area is 78.5 Å². The maximum Gasteiger partial charge on any atom is 0.166 e. The summed E-state index contributed by atoms with van der Waals surface area (Å²) in [6, 6.07) is -0.110. The van der Waals surface area contributed by atoms with Crippen molar-refractivity contribution in [2.75, 3.05) is 27.1 Å². The zero-order valence-corrected chi connectivity index (χ0v) is 8.12. The Morgan fingerprint density at radius 2 is 2.23 bits per heavy atom. The van der Waals surface area contributed by atoms with Crippen molar-refractivity contribution in [1.82, 2.24) is 5.48 Å². The molecular formula is C8H17NO4. The molecule has 0 aromatic rings. The highest BCUT2D eigenvalue weighted by Crippen LogP contribution is 1.88. The van der Waals surface area contributed by atoms with Gasteiger partial charge in [-0.1, -0.05) is 6.08 Å². The summed E-state index contributed by atoms with van der Waals surface area (Å²) in [7, 11) is 1.54. The number of nitrogens with one attached hydrogen (secondary N) is 1. The number of hydrogen-bond donors (Lipinski definition) is 1. The van der Waals surface area contributed by atoms with Crippen LogP contribution in [0.15, 0.2) is 12.7 Å². The van der Waals surface area contributed by atoms with E-state index in [1.807, 2.05) is 6.92 Å². The summed E-state index contributed by atoms with van der Waals surface area (Å²) in [5.74, 6) is 0. The van der Waals surface area contributed by atoms with Gasteiger partial charge >= 0.3 is 0 Å². The van der Waals surface area contributed by atoms with Crippen molar-refractivity contribution in [3.63, 3.8) is 0 Å². The highest BCUT2D eigenvalue weighted by Gasteiger charge is 2.03. The lowest BCUT2D eigenvalue weighted by atomic mass is 10.3. The highest BCUT2D eigenvalue weighted by molar-refractivity contribution is 4.82. The molecule has 0 rings (SSSR count). The third kappa shape index (κ3) is 7.89. The van der Waals surface area contributed by atoms with Crippen LogP contribution in [0.4, 0.5) is 0 Å². The Hall–Kier alpha value is -0.460. The summed E-state index contributed by atoms with van der Waals surface area (Å²) in [6.45, 7) is 6.49. The molecule has 0 aliphatic rings. The van der Waals surface area contributed by atoms with Crippen LogP contribution in [0.3, 0.4) is 0 Å². The van der Waals surface area contributed by atoms with Crippen molar-refractivity contribution in [1.29, 1.82) is 0 Å². The fourth-order valence-electron chi connectivity index (χ4n) is 0.555. The molecule has 0 aliphatic carbocycles. The largest absolute Gasteiger partial charge is 0.357 e. The molecule has 0 aromatic heterocycles. The fraction of sp³-hybridized carbons (Fsp3) is 0.750. The molecule has 13 heavy (non-hydrogen) atoms. The number of ether oxygens (including phenoxy) is 1. The zero-order chi connectivity index (χ0) is 9.94. The SMILES string of the molecule is C=CC(COOCC)NOCOC. The molecule has 0 bridgehead atoms. The van der Waals surface area contributed by atoms with E-state index in [-0.39, 0.29) is 12.8 Å². The van der Waals surface area contributed by atoms with Gasteiger partial charge in [0.15, 0.2) is 6.79 Å². The second-order valence-corrected chi connectivity index (χ2v) is 2.20. The van der Waals surface area contributed by atoms with Crippen LogP contribution in [0.1, 0.15) is 6.92 Å². The van der Waals surface area contributed by atoms with E-state index >= 15 is 0 Å². The maximum atomic E-state index is 4.89. The molecule has 5 heteroatoms. The van der Waals surface area contributed by atoms with Crippen molar-refractivity contribution >= 4 is 0 Å². The first kappa shape index (κ1) is 12.5. The van der Waals surface area contributed by atoms with Gasteiger partial charge in [-0.05, 0) is 6.92 Å². The average molecular weight is 191 g/mol. The van der Waals surface area contributed by atoms with Crippen LogP contribution in [-0.2, 0) is 19.3 Å². The minimum absolute atomic E-state index is 0.110. The van der Waals surface area contributed by atoms with Crippen LogP contribution >= 0.6 is 0 Å². The van der Waals surface area contributed by atoms with E-state index in [0.717, 1.165) is 0 Å². The molecule has 78 valence electrons. The fourth-order valence-corrected chi connectivity index (χ4v) is 0.555. The predicted octanol–water partition coefficient (Wildman–Crippen LogP) is 0.634. The summed E-state index contributed by atoms with van der Waals surface area (Å²) in [4.78, 5) is 14.4. The second kappa shape index (κ2) is 9.63. The molecule has 1 unspecified atom stereocenters. The molecule has 0 saturated carbocycles. The van der Waals surface area contributed by atoms with Crippen LogP contribution in [0.25, 0.3) is 0 Å². The average Bonchev–Trinajstić information content (AvgIpc) is 2.16. The lowest BCUT2D eigenvalue weighted by Gasteiger charge is -2.13. The van der Waals surface area contributed by atoms with Crippen molar-refractivity contribution in [3.05, 3.63) is 12.7 Å². The number of hydrogen-bond acceptors (Lipinski definition) is 5. The standard InChI is InChI=1S/C8H17NO4/c1-4-8(6-13-12-5-2)9-11-7-10-3/h4,8-9H,1,5-7H2,2-3H3. The van der Waals surface area contributed by atoms with Crippen LogP contribution in [-0.4, -0.2) is 33.2 Å². The van der Waals surface area contributed by atoms with E-state index in [2.05, 4.69) is 16.8 Å². The number of methoxy groups -OCH3 is 1. The van der Waals surface area contributed by atoms with Gasteiger partial charge in [-0.2, -0.15) is 5.48 Å². The summed E-state index contributed by atoms with van der Waals surface area (Å²) in [6.07, 6.45) is 1.66. The molecule has 1 atom stereocenters. The Morgan fingerprint density at radius 3 is 2.77 bits per heavy atom. The van der Waals surface area contributed by atoms with Gasteiger partial charge < -0.3 is 4.74 Å². The van der Waals surface area contributed by atoms with E-state index < -0.39 is 0 Å².